The Morgan fingerprint density at radius 3 is 2.30 bits per heavy atom. The van der Waals surface area contributed by atoms with Crippen molar-refractivity contribution in [3.63, 3.8) is 0 Å². The quantitative estimate of drug-likeness (QED) is 0.366. The number of nitrogens with two attached hydrogens (primary N) is 1. The van der Waals surface area contributed by atoms with Crippen molar-refractivity contribution in [3.05, 3.63) is 53.7 Å². The highest BCUT2D eigenvalue weighted by Gasteiger charge is 2.26. The van der Waals surface area contributed by atoms with Crippen molar-refractivity contribution in [3.8, 4) is 0 Å². The van der Waals surface area contributed by atoms with Gasteiger partial charge in [-0.2, -0.15) is 0 Å². The Morgan fingerprint density at radius 2 is 1.70 bits per heavy atom. The molecule has 0 aliphatic carbocycles. The van der Waals surface area contributed by atoms with E-state index in [2.05, 4.69) is 20.8 Å². The van der Waals surface area contributed by atoms with E-state index in [9.17, 15) is 4.39 Å². The largest absolute Gasteiger partial charge is 0.465 e. The maximum absolute atomic E-state index is 13.1. The number of hydrogen-bond acceptors (Lipinski definition) is 4. The molecule has 1 unspecified atom stereocenters. The van der Waals surface area contributed by atoms with E-state index in [1.807, 2.05) is 25.1 Å². The maximum Gasteiger partial charge on any atom is 0.191 e. The molecule has 2 saturated heterocycles. The molecule has 1 aromatic heterocycles. The number of hydrogen-bond donors (Lipinski definition) is 1. The molecule has 3 heterocycles. The molecular weight excluding hydrogens is 496 g/mol. The predicted octanol–water partition coefficient (Wildman–Crippen LogP) is 3.62. The fraction of sp³-hybridized carbons (Fsp3) is 0.500. The molecule has 6 nitrogen and oxygen atoms in total. The van der Waals surface area contributed by atoms with Crippen molar-refractivity contribution in [1.29, 1.82) is 0 Å². The fourth-order valence-electron chi connectivity index (χ4n) is 4.20. The van der Waals surface area contributed by atoms with E-state index in [0.717, 1.165) is 56.5 Å². The first-order valence-electron chi connectivity index (χ1n) is 10.5. The second kappa shape index (κ2) is 10.5. The van der Waals surface area contributed by atoms with E-state index in [4.69, 9.17) is 15.1 Å². The molecular formula is C22H31FIN5O. The van der Waals surface area contributed by atoms with Crippen LogP contribution in [-0.4, -0.2) is 61.6 Å². The van der Waals surface area contributed by atoms with Crippen LogP contribution in [0.3, 0.4) is 0 Å². The molecule has 1 aromatic carbocycles. The van der Waals surface area contributed by atoms with Crippen molar-refractivity contribution in [2.24, 2.45) is 10.7 Å². The Labute approximate surface area is 194 Å². The minimum absolute atomic E-state index is 0. The van der Waals surface area contributed by atoms with Gasteiger partial charge < -0.3 is 20.0 Å². The number of likely N-dealkylation sites (tertiary alicyclic amines) is 1. The fourth-order valence-corrected chi connectivity index (χ4v) is 4.20. The van der Waals surface area contributed by atoms with Gasteiger partial charge in [-0.25, -0.2) is 4.39 Å². The van der Waals surface area contributed by atoms with Crippen LogP contribution in [-0.2, 0) is 0 Å². The number of anilines is 1. The summed E-state index contributed by atoms with van der Waals surface area (Å²) in [7, 11) is 0. The number of nitrogens with zero attached hydrogens (tertiary/aromatic N) is 4. The van der Waals surface area contributed by atoms with Crippen LogP contribution in [0.25, 0.3) is 0 Å². The van der Waals surface area contributed by atoms with Crippen molar-refractivity contribution in [2.75, 3.05) is 50.7 Å². The molecule has 164 valence electrons. The molecule has 0 saturated carbocycles. The minimum Gasteiger partial charge on any atom is -0.465 e. The van der Waals surface area contributed by atoms with Crippen LogP contribution in [0, 0.1) is 12.7 Å². The van der Waals surface area contributed by atoms with Gasteiger partial charge in [0.05, 0.1) is 12.6 Å². The van der Waals surface area contributed by atoms with Gasteiger partial charge in [-0.3, -0.25) is 9.89 Å². The predicted molar refractivity (Wildman–Crippen MR) is 129 cm³/mol. The van der Waals surface area contributed by atoms with Gasteiger partial charge in [-0.05, 0) is 69.3 Å². The lowest BCUT2D eigenvalue weighted by molar-refractivity contribution is 0.218. The van der Waals surface area contributed by atoms with Gasteiger partial charge in [0.25, 0.3) is 0 Å². The Balaban J connectivity index is 0.00000256. The second-order valence-corrected chi connectivity index (χ2v) is 7.86. The van der Waals surface area contributed by atoms with Crippen LogP contribution >= 0.6 is 24.0 Å². The highest BCUT2D eigenvalue weighted by Crippen LogP contribution is 2.27. The van der Waals surface area contributed by atoms with Gasteiger partial charge >= 0.3 is 0 Å². The van der Waals surface area contributed by atoms with Crippen molar-refractivity contribution >= 4 is 35.6 Å². The average Bonchev–Trinajstić information content (AvgIpc) is 3.41. The summed E-state index contributed by atoms with van der Waals surface area (Å²) in [5, 5.41) is 0. The smallest absolute Gasteiger partial charge is 0.191 e. The van der Waals surface area contributed by atoms with Crippen LogP contribution in [0.1, 0.15) is 30.4 Å². The summed E-state index contributed by atoms with van der Waals surface area (Å²) in [6.07, 6.45) is 2.45. The third-order valence-corrected chi connectivity index (χ3v) is 5.89. The zero-order valence-corrected chi connectivity index (χ0v) is 19.8. The monoisotopic (exact) mass is 527 g/mol. The van der Waals surface area contributed by atoms with Crippen LogP contribution in [0.2, 0.25) is 0 Å². The molecule has 2 N–H and O–H groups in total. The number of halogens is 2. The van der Waals surface area contributed by atoms with Gasteiger partial charge in [0.2, 0.25) is 0 Å². The first-order chi connectivity index (χ1) is 14.1. The normalized spacial score (nSPS) is 19.1. The number of benzene rings is 1. The SMILES string of the molecule is Cc1ccc(C(CN=C(N)N2CCN(c3ccc(F)cc3)CC2)N2CCCC2)o1.I. The van der Waals surface area contributed by atoms with E-state index < -0.39 is 0 Å². The zero-order valence-electron chi connectivity index (χ0n) is 17.5. The number of furan rings is 1. The van der Waals surface area contributed by atoms with E-state index in [0.29, 0.717) is 12.5 Å². The Kier molecular flexibility index (Phi) is 7.99. The molecule has 4 rings (SSSR count). The molecule has 2 fully saturated rings. The van der Waals surface area contributed by atoms with Crippen LogP contribution < -0.4 is 10.6 Å². The maximum atomic E-state index is 13.1. The molecule has 2 aliphatic rings. The number of aliphatic imine (C=N–C) groups is 1. The third kappa shape index (κ3) is 5.46. The van der Waals surface area contributed by atoms with Gasteiger partial charge in [0.15, 0.2) is 5.96 Å². The number of rotatable bonds is 5. The molecule has 2 aliphatic heterocycles. The average molecular weight is 527 g/mol. The molecule has 0 spiro atoms. The van der Waals surface area contributed by atoms with E-state index >= 15 is 0 Å². The van der Waals surface area contributed by atoms with Crippen LogP contribution in [0.5, 0.6) is 0 Å². The molecule has 0 bridgehead atoms. The Morgan fingerprint density at radius 1 is 1.03 bits per heavy atom. The third-order valence-electron chi connectivity index (χ3n) is 5.89. The Bertz CT molecular complexity index is 826. The van der Waals surface area contributed by atoms with Crippen molar-refractivity contribution in [2.45, 2.75) is 25.8 Å². The minimum atomic E-state index is -0.205. The van der Waals surface area contributed by atoms with E-state index in [1.54, 1.807) is 0 Å². The Hall–Kier alpha value is -1.81. The summed E-state index contributed by atoms with van der Waals surface area (Å²) in [4.78, 5) is 11.6. The lowest BCUT2D eigenvalue weighted by Gasteiger charge is -2.36. The topological polar surface area (TPSA) is 61.2 Å². The number of guanidine groups is 1. The second-order valence-electron chi connectivity index (χ2n) is 7.86. The zero-order chi connectivity index (χ0) is 20.2. The van der Waals surface area contributed by atoms with Gasteiger partial charge in [-0.15, -0.1) is 24.0 Å². The highest BCUT2D eigenvalue weighted by molar-refractivity contribution is 14.0. The lowest BCUT2D eigenvalue weighted by atomic mass is 10.2. The number of piperazine rings is 1. The molecule has 30 heavy (non-hydrogen) atoms. The van der Waals surface area contributed by atoms with Crippen LogP contribution in [0.15, 0.2) is 45.8 Å². The summed E-state index contributed by atoms with van der Waals surface area (Å²) in [5.74, 6) is 2.29. The first-order valence-corrected chi connectivity index (χ1v) is 10.5. The van der Waals surface area contributed by atoms with Gasteiger partial charge in [0, 0.05) is 31.9 Å². The molecule has 0 amide bonds. The summed E-state index contributed by atoms with van der Waals surface area (Å²) >= 11 is 0. The standard InChI is InChI=1S/C22H30FN5O.HI/c1-17-4-9-21(29-17)20(27-10-2-3-11-27)16-25-22(24)28-14-12-26(13-15-28)19-7-5-18(23)6-8-19;/h4-9,20H,2-3,10-16H2,1H3,(H2,24,25);1H. The van der Waals surface area contributed by atoms with E-state index in [-0.39, 0.29) is 35.8 Å². The summed E-state index contributed by atoms with van der Waals surface area (Å²) < 4.78 is 19.0. The molecule has 1 atom stereocenters. The van der Waals surface area contributed by atoms with Crippen molar-refractivity contribution < 1.29 is 8.81 Å². The first kappa shape index (κ1) is 22.9. The molecule has 0 radical (unpaired) electrons. The summed E-state index contributed by atoms with van der Waals surface area (Å²) in [6, 6.07) is 10.9. The molecule has 2 aromatic rings. The van der Waals surface area contributed by atoms with Crippen LogP contribution in [0.4, 0.5) is 10.1 Å². The van der Waals surface area contributed by atoms with Crippen molar-refractivity contribution in [1.82, 2.24) is 9.80 Å². The summed E-state index contributed by atoms with van der Waals surface area (Å²) in [5.41, 5.74) is 7.39. The summed E-state index contributed by atoms with van der Waals surface area (Å²) in [6.45, 7) is 8.04. The van der Waals surface area contributed by atoms with E-state index in [1.165, 1.54) is 25.0 Å². The molecule has 8 heteroatoms. The lowest BCUT2D eigenvalue weighted by Crippen LogP contribution is -2.51. The highest BCUT2D eigenvalue weighted by atomic mass is 127. The number of aryl methyl sites for hydroxylation is 1. The van der Waals surface area contributed by atoms with Gasteiger partial charge in [0.1, 0.15) is 17.3 Å². The van der Waals surface area contributed by atoms with Gasteiger partial charge in [-0.1, -0.05) is 0 Å².